The maximum atomic E-state index is 12.8. The van der Waals surface area contributed by atoms with Gasteiger partial charge in [0, 0.05) is 43.2 Å². The number of pyridine rings is 1. The van der Waals surface area contributed by atoms with Crippen LogP contribution in [0.2, 0.25) is 5.02 Å². The molecule has 4 rings (SSSR count). The molecule has 0 saturated carbocycles. The van der Waals surface area contributed by atoms with Crippen molar-refractivity contribution in [3.63, 3.8) is 0 Å². The second-order valence-electron chi connectivity index (χ2n) is 8.62. The zero-order chi connectivity index (χ0) is 24.8. The third-order valence-corrected chi connectivity index (χ3v) is 6.09. The van der Waals surface area contributed by atoms with Crippen LogP contribution in [0.15, 0.2) is 61.1 Å². The summed E-state index contributed by atoms with van der Waals surface area (Å²) in [7, 11) is 0. The number of hydrogen-bond acceptors (Lipinski definition) is 4. The Morgan fingerprint density at radius 3 is 2.83 bits per heavy atom. The first kappa shape index (κ1) is 25.1. The van der Waals surface area contributed by atoms with Crippen molar-refractivity contribution in [3.8, 4) is 11.6 Å². The number of ether oxygens (including phenoxy) is 1. The van der Waals surface area contributed by atoms with Crippen LogP contribution in [0.4, 0.5) is 13.2 Å². The second kappa shape index (κ2) is 11.1. The van der Waals surface area contributed by atoms with Gasteiger partial charge in [-0.25, -0.2) is 4.98 Å². The molecule has 0 bridgehead atoms. The summed E-state index contributed by atoms with van der Waals surface area (Å²) in [4.78, 5) is 18.4. The van der Waals surface area contributed by atoms with Crippen molar-refractivity contribution >= 4 is 17.5 Å². The fourth-order valence-corrected chi connectivity index (χ4v) is 4.30. The molecule has 0 aliphatic carbocycles. The Bertz CT molecular complexity index is 1130. The Kier molecular flexibility index (Phi) is 7.97. The van der Waals surface area contributed by atoms with Crippen LogP contribution in [0.25, 0.3) is 5.82 Å². The third kappa shape index (κ3) is 7.22. The molecule has 1 N–H and O–H groups in total. The third-order valence-electron chi connectivity index (χ3n) is 5.86. The van der Waals surface area contributed by atoms with Crippen LogP contribution in [-0.2, 0) is 17.5 Å². The molecule has 1 aliphatic heterocycles. The van der Waals surface area contributed by atoms with Gasteiger partial charge in [-0.05, 0) is 67.3 Å². The van der Waals surface area contributed by atoms with Gasteiger partial charge in [-0.1, -0.05) is 17.7 Å². The largest absolute Gasteiger partial charge is 0.484 e. The number of benzene rings is 1. The predicted molar refractivity (Wildman–Crippen MR) is 127 cm³/mol. The standard InChI is InChI=1S/C25H26ClF3N4O2/c26-21-4-1-5-22(11-21)35-17-24(34)31-12-18-3-2-9-32(14-18)15-19-8-10-33(16-19)23-7-6-20(13-30-23)25(27,28)29/h1,4-8,10-11,13,16,18H,2-3,9,12,14-15,17H2,(H,31,34). The highest BCUT2D eigenvalue weighted by molar-refractivity contribution is 6.30. The maximum Gasteiger partial charge on any atom is 0.417 e. The number of likely N-dealkylation sites (tertiary alicyclic amines) is 1. The number of aromatic nitrogens is 2. The van der Waals surface area contributed by atoms with E-state index in [4.69, 9.17) is 16.3 Å². The zero-order valence-electron chi connectivity index (χ0n) is 19.0. The summed E-state index contributed by atoms with van der Waals surface area (Å²) in [5.74, 6) is 1.14. The lowest BCUT2D eigenvalue weighted by molar-refractivity contribution is -0.137. The molecule has 0 radical (unpaired) electrons. The van der Waals surface area contributed by atoms with Crippen molar-refractivity contribution in [2.45, 2.75) is 25.6 Å². The van der Waals surface area contributed by atoms with Gasteiger partial charge >= 0.3 is 6.18 Å². The van der Waals surface area contributed by atoms with Gasteiger partial charge < -0.3 is 14.6 Å². The molecule has 3 heterocycles. The number of nitrogens with one attached hydrogen (secondary N) is 1. The number of halogens is 4. The number of carbonyl (C=O) groups is 1. The summed E-state index contributed by atoms with van der Waals surface area (Å²) >= 11 is 5.92. The van der Waals surface area contributed by atoms with Crippen molar-refractivity contribution in [1.82, 2.24) is 19.8 Å². The topological polar surface area (TPSA) is 59.4 Å². The molecule has 1 aromatic carbocycles. The lowest BCUT2D eigenvalue weighted by Crippen LogP contribution is -2.41. The van der Waals surface area contributed by atoms with Gasteiger partial charge in [-0.15, -0.1) is 0 Å². The van der Waals surface area contributed by atoms with Gasteiger partial charge in [0.15, 0.2) is 6.61 Å². The van der Waals surface area contributed by atoms with Gasteiger partial charge in [-0.3, -0.25) is 9.69 Å². The molecule has 1 unspecified atom stereocenters. The number of piperidine rings is 1. The fourth-order valence-electron chi connectivity index (χ4n) is 4.12. The van der Waals surface area contributed by atoms with E-state index in [9.17, 15) is 18.0 Å². The molecule has 186 valence electrons. The average molecular weight is 507 g/mol. The van der Waals surface area contributed by atoms with E-state index in [1.165, 1.54) is 6.07 Å². The Balaban J connectivity index is 1.24. The monoisotopic (exact) mass is 506 g/mol. The normalized spacial score (nSPS) is 16.7. The number of carbonyl (C=O) groups excluding carboxylic acids is 1. The summed E-state index contributed by atoms with van der Waals surface area (Å²) in [5.41, 5.74) is 0.280. The minimum absolute atomic E-state index is 0.0672. The van der Waals surface area contributed by atoms with Gasteiger partial charge in [0.05, 0.1) is 5.56 Å². The summed E-state index contributed by atoms with van der Waals surface area (Å²) in [6.07, 6.45) is 2.18. The van der Waals surface area contributed by atoms with E-state index < -0.39 is 11.7 Å². The molecule has 1 fully saturated rings. The van der Waals surface area contributed by atoms with Crippen LogP contribution in [-0.4, -0.2) is 46.6 Å². The van der Waals surface area contributed by atoms with E-state index in [0.717, 1.165) is 50.3 Å². The highest BCUT2D eigenvalue weighted by Gasteiger charge is 2.30. The van der Waals surface area contributed by atoms with E-state index in [-0.39, 0.29) is 12.5 Å². The SMILES string of the molecule is O=C(COc1cccc(Cl)c1)NCC1CCCN(Cc2ccn(-c3ccc(C(F)(F)F)cn3)c2)C1. The molecule has 3 aromatic rings. The van der Waals surface area contributed by atoms with Crippen molar-refractivity contribution < 1.29 is 22.7 Å². The van der Waals surface area contributed by atoms with E-state index in [2.05, 4.69) is 15.2 Å². The Morgan fingerprint density at radius 2 is 2.09 bits per heavy atom. The average Bonchev–Trinajstić information content (AvgIpc) is 3.30. The van der Waals surface area contributed by atoms with Gasteiger partial charge in [0.1, 0.15) is 11.6 Å². The van der Waals surface area contributed by atoms with Crippen molar-refractivity contribution in [1.29, 1.82) is 0 Å². The van der Waals surface area contributed by atoms with E-state index in [1.54, 1.807) is 35.0 Å². The van der Waals surface area contributed by atoms with Crippen LogP contribution < -0.4 is 10.1 Å². The quantitative estimate of drug-likeness (QED) is 0.469. The molecule has 1 amide bonds. The number of amides is 1. The minimum Gasteiger partial charge on any atom is -0.484 e. The summed E-state index contributed by atoms with van der Waals surface area (Å²) in [5, 5.41) is 3.50. The second-order valence-corrected chi connectivity index (χ2v) is 9.06. The number of hydrogen-bond donors (Lipinski definition) is 1. The number of alkyl halides is 3. The lowest BCUT2D eigenvalue weighted by Gasteiger charge is -2.32. The molecular weight excluding hydrogens is 481 g/mol. The molecule has 6 nitrogen and oxygen atoms in total. The first-order chi connectivity index (χ1) is 16.8. The van der Waals surface area contributed by atoms with Crippen LogP contribution in [0.5, 0.6) is 5.75 Å². The van der Waals surface area contributed by atoms with Crippen molar-refractivity contribution in [3.05, 3.63) is 77.2 Å². The fraction of sp³-hybridized carbons (Fsp3) is 0.360. The van der Waals surface area contributed by atoms with Crippen LogP contribution in [0.3, 0.4) is 0 Å². The highest BCUT2D eigenvalue weighted by atomic mass is 35.5. The first-order valence-corrected chi connectivity index (χ1v) is 11.7. The molecular formula is C25H26ClF3N4O2. The summed E-state index contributed by atoms with van der Waals surface area (Å²) < 4.78 is 45.5. The van der Waals surface area contributed by atoms with E-state index in [1.807, 2.05) is 12.3 Å². The van der Waals surface area contributed by atoms with Crippen molar-refractivity contribution in [2.75, 3.05) is 26.2 Å². The number of rotatable bonds is 8. The molecule has 2 aromatic heterocycles. The van der Waals surface area contributed by atoms with Crippen LogP contribution in [0, 0.1) is 5.92 Å². The molecule has 35 heavy (non-hydrogen) atoms. The van der Waals surface area contributed by atoms with E-state index >= 15 is 0 Å². The summed E-state index contributed by atoms with van der Waals surface area (Å²) in [6, 6.07) is 11.3. The Hall–Kier alpha value is -3.04. The van der Waals surface area contributed by atoms with E-state index in [0.29, 0.717) is 29.1 Å². The van der Waals surface area contributed by atoms with Gasteiger partial charge in [0.2, 0.25) is 0 Å². The molecule has 10 heteroatoms. The number of nitrogens with zero attached hydrogens (tertiary/aromatic N) is 3. The first-order valence-electron chi connectivity index (χ1n) is 11.3. The molecule has 1 atom stereocenters. The van der Waals surface area contributed by atoms with Crippen LogP contribution in [0.1, 0.15) is 24.0 Å². The summed E-state index contributed by atoms with van der Waals surface area (Å²) in [6.45, 7) is 3.02. The molecule has 1 aliphatic rings. The predicted octanol–water partition coefficient (Wildman–Crippen LogP) is 4.95. The molecule has 1 saturated heterocycles. The highest BCUT2D eigenvalue weighted by Crippen LogP contribution is 2.29. The van der Waals surface area contributed by atoms with Crippen molar-refractivity contribution in [2.24, 2.45) is 5.92 Å². The zero-order valence-corrected chi connectivity index (χ0v) is 19.7. The van der Waals surface area contributed by atoms with Gasteiger partial charge in [-0.2, -0.15) is 13.2 Å². The van der Waals surface area contributed by atoms with Crippen LogP contribution >= 0.6 is 11.6 Å². The Labute approximate surface area is 206 Å². The van der Waals surface area contributed by atoms with Gasteiger partial charge in [0.25, 0.3) is 5.91 Å². The smallest absolute Gasteiger partial charge is 0.417 e. The lowest BCUT2D eigenvalue weighted by atomic mass is 9.97. The maximum absolute atomic E-state index is 12.8. The minimum atomic E-state index is -4.40. The molecule has 0 spiro atoms. The Morgan fingerprint density at radius 1 is 1.23 bits per heavy atom.